The Morgan fingerprint density at radius 1 is 1.04 bits per heavy atom. The Kier molecular flexibility index (Phi) is 4.58. The van der Waals surface area contributed by atoms with Crippen LogP contribution in [-0.4, -0.2) is 56.2 Å². The van der Waals surface area contributed by atoms with Crippen LogP contribution in [0.25, 0.3) is 5.69 Å². The average molecular weight is 338 g/mol. The van der Waals surface area contributed by atoms with Gasteiger partial charge < -0.3 is 4.42 Å². The van der Waals surface area contributed by atoms with Crippen LogP contribution < -0.4 is 0 Å². The Hall–Kier alpha value is -2.51. The van der Waals surface area contributed by atoms with Crippen LogP contribution in [0.15, 0.2) is 53.1 Å². The second-order valence-corrected chi connectivity index (χ2v) is 6.35. The average Bonchev–Trinajstić information content (AvgIpc) is 3.34. The summed E-state index contributed by atoms with van der Waals surface area (Å²) in [6.07, 6.45) is 1.73. The van der Waals surface area contributed by atoms with E-state index in [1.807, 2.05) is 47.1 Å². The predicted molar refractivity (Wildman–Crippen MR) is 93.1 cm³/mol. The molecule has 0 amide bonds. The molecule has 1 unspecified atom stereocenters. The van der Waals surface area contributed by atoms with Gasteiger partial charge in [-0.1, -0.05) is 18.2 Å². The van der Waals surface area contributed by atoms with Crippen LogP contribution in [0.3, 0.4) is 0 Å². The quantitative estimate of drug-likeness (QED) is 0.710. The molecule has 3 heterocycles. The molecule has 7 nitrogen and oxygen atoms in total. The molecule has 0 aliphatic carbocycles. The molecule has 3 aromatic rings. The summed E-state index contributed by atoms with van der Waals surface area (Å²) in [5.74, 6) is 1.90. The molecule has 1 saturated heterocycles. The first-order chi connectivity index (χ1) is 12.3. The van der Waals surface area contributed by atoms with Gasteiger partial charge in [-0.25, -0.2) is 0 Å². The van der Waals surface area contributed by atoms with E-state index in [0.29, 0.717) is 0 Å². The zero-order valence-corrected chi connectivity index (χ0v) is 14.3. The fraction of sp³-hybridized carbons (Fsp3) is 0.389. The van der Waals surface area contributed by atoms with Crippen LogP contribution in [0.5, 0.6) is 0 Å². The van der Waals surface area contributed by atoms with Crippen molar-refractivity contribution in [3.05, 3.63) is 60.3 Å². The van der Waals surface area contributed by atoms with E-state index in [4.69, 9.17) is 4.42 Å². The molecule has 0 bridgehead atoms. The summed E-state index contributed by atoms with van der Waals surface area (Å²) in [5.41, 5.74) is 0.991. The van der Waals surface area contributed by atoms with Gasteiger partial charge in [0.15, 0.2) is 5.82 Å². The molecule has 0 radical (unpaired) electrons. The van der Waals surface area contributed by atoms with Gasteiger partial charge in [0.25, 0.3) is 0 Å². The Morgan fingerprint density at radius 3 is 2.56 bits per heavy atom. The Bertz CT molecular complexity index is 777. The summed E-state index contributed by atoms with van der Waals surface area (Å²) < 4.78 is 7.28. The maximum atomic E-state index is 5.45. The third kappa shape index (κ3) is 3.47. The van der Waals surface area contributed by atoms with Crippen molar-refractivity contribution < 1.29 is 4.42 Å². The normalized spacial score (nSPS) is 17.6. The highest BCUT2D eigenvalue weighted by atomic mass is 16.3. The monoisotopic (exact) mass is 338 g/mol. The zero-order valence-electron chi connectivity index (χ0n) is 14.3. The number of tetrazole rings is 1. The second kappa shape index (κ2) is 7.16. The molecule has 7 heteroatoms. The molecule has 1 fully saturated rings. The maximum Gasteiger partial charge on any atom is 0.173 e. The Labute approximate surface area is 146 Å². The van der Waals surface area contributed by atoms with Crippen LogP contribution >= 0.6 is 0 Å². The van der Waals surface area contributed by atoms with Gasteiger partial charge in [0.2, 0.25) is 0 Å². The largest absolute Gasteiger partial charge is 0.468 e. The van der Waals surface area contributed by atoms with E-state index in [-0.39, 0.29) is 6.04 Å². The molecular formula is C18H22N6O. The van der Waals surface area contributed by atoms with Crippen LogP contribution in [0.2, 0.25) is 0 Å². The van der Waals surface area contributed by atoms with Crippen molar-refractivity contribution in [1.29, 1.82) is 0 Å². The predicted octanol–water partition coefficient (Wildman–Crippen LogP) is 2.13. The summed E-state index contributed by atoms with van der Waals surface area (Å²) in [4.78, 5) is 4.85. The number of hydrogen-bond donors (Lipinski definition) is 0. The molecule has 0 saturated carbocycles. The number of hydrogen-bond acceptors (Lipinski definition) is 6. The van der Waals surface area contributed by atoms with Crippen molar-refractivity contribution in [1.82, 2.24) is 30.0 Å². The minimum Gasteiger partial charge on any atom is -0.468 e. The van der Waals surface area contributed by atoms with Gasteiger partial charge in [-0.15, -0.1) is 5.10 Å². The van der Waals surface area contributed by atoms with Gasteiger partial charge in [0.1, 0.15) is 5.76 Å². The standard InChI is InChI=1S/C18H22N6O/c1-15(18-19-20-21-24(18)16-6-3-2-4-7-16)23-11-9-22(10-12-23)14-17-8-5-13-25-17/h2-8,13,15H,9-12,14H2,1H3. The molecular weight excluding hydrogens is 316 g/mol. The van der Waals surface area contributed by atoms with Gasteiger partial charge in [-0.3, -0.25) is 9.80 Å². The van der Waals surface area contributed by atoms with Gasteiger partial charge in [-0.05, 0) is 41.6 Å². The van der Waals surface area contributed by atoms with E-state index in [2.05, 4.69) is 32.2 Å². The summed E-state index contributed by atoms with van der Waals surface area (Å²) in [7, 11) is 0. The van der Waals surface area contributed by atoms with Crippen molar-refractivity contribution in [2.45, 2.75) is 19.5 Å². The third-order valence-electron chi connectivity index (χ3n) is 4.78. The highest BCUT2D eigenvalue weighted by Gasteiger charge is 2.26. The summed E-state index contributed by atoms with van der Waals surface area (Å²) in [6, 6.07) is 14.2. The number of piperazine rings is 1. The number of aromatic nitrogens is 4. The summed E-state index contributed by atoms with van der Waals surface area (Å²) >= 11 is 0. The molecule has 1 aliphatic rings. The molecule has 25 heavy (non-hydrogen) atoms. The minimum atomic E-state index is 0.168. The van der Waals surface area contributed by atoms with Crippen molar-refractivity contribution in [3.63, 3.8) is 0 Å². The first-order valence-corrected chi connectivity index (χ1v) is 8.64. The second-order valence-electron chi connectivity index (χ2n) is 6.35. The van der Waals surface area contributed by atoms with Gasteiger partial charge in [0.05, 0.1) is 24.5 Å². The number of para-hydroxylation sites is 1. The van der Waals surface area contributed by atoms with E-state index in [0.717, 1.165) is 50.0 Å². The van der Waals surface area contributed by atoms with Crippen molar-refractivity contribution in [2.24, 2.45) is 0 Å². The number of nitrogens with zero attached hydrogens (tertiary/aromatic N) is 6. The van der Waals surface area contributed by atoms with E-state index in [1.165, 1.54) is 0 Å². The molecule has 1 aliphatic heterocycles. The van der Waals surface area contributed by atoms with Crippen LogP contribution in [-0.2, 0) is 6.54 Å². The highest BCUT2D eigenvalue weighted by Crippen LogP contribution is 2.22. The van der Waals surface area contributed by atoms with E-state index in [9.17, 15) is 0 Å². The van der Waals surface area contributed by atoms with Crippen molar-refractivity contribution in [3.8, 4) is 5.69 Å². The lowest BCUT2D eigenvalue weighted by Gasteiger charge is -2.37. The smallest absolute Gasteiger partial charge is 0.173 e. The van der Waals surface area contributed by atoms with Crippen molar-refractivity contribution in [2.75, 3.05) is 26.2 Å². The zero-order chi connectivity index (χ0) is 17.1. The van der Waals surface area contributed by atoms with Crippen LogP contribution in [0.1, 0.15) is 24.6 Å². The van der Waals surface area contributed by atoms with E-state index < -0.39 is 0 Å². The minimum absolute atomic E-state index is 0.168. The number of benzene rings is 1. The first-order valence-electron chi connectivity index (χ1n) is 8.64. The summed E-state index contributed by atoms with van der Waals surface area (Å²) in [6.45, 7) is 7.05. The lowest BCUT2D eigenvalue weighted by molar-refractivity contribution is 0.0896. The Morgan fingerprint density at radius 2 is 1.84 bits per heavy atom. The molecule has 1 aromatic carbocycles. The molecule has 2 aromatic heterocycles. The Balaban J connectivity index is 1.41. The van der Waals surface area contributed by atoms with Gasteiger partial charge in [0, 0.05) is 26.2 Å². The van der Waals surface area contributed by atoms with Gasteiger partial charge in [-0.2, -0.15) is 4.68 Å². The number of rotatable bonds is 5. The van der Waals surface area contributed by atoms with E-state index in [1.54, 1.807) is 6.26 Å². The van der Waals surface area contributed by atoms with Gasteiger partial charge >= 0.3 is 0 Å². The first kappa shape index (κ1) is 16.0. The molecule has 130 valence electrons. The number of furan rings is 1. The van der Waals surface area contributed by atoms with Crippen molar-refractivity contribution >= 4 is 0 Å². The fourth-order valence-corrected chi connectivity index (χ4v) is 3.30. The SMILES string of the molecule is CC(c1nnnn1-c1ccccc1)N1CCN(Cc2ccco2)CC1. The lowest BCUT2D eigenvalue weighted by atomic mass is 10.2. The maximum absolute atomic E-state index is 5.45. The molecule has 4 rings (SSSR count). The molecule has 0 spiro atoms. The lowest BCUT2D eigenvalue weighted by Crippen LogP contribution is -2.47. The van der Waals surface area contributed by atoms with Crippen LogP contribution in [0.4, 0.5) is 0 Å². The summed E-state index contributed by atoms with van der Waals surface area (Å²) in [5, 5.41) is 12.3. The highest BCUT2D eigenvalue weighted by molar-refractivity contribution is 5.30. The molecule has 0 N–H and O–H groups in total. The third-order valence-corrected chi connectivity index (χ3v) is 4.78. The molecule has 1 atom stereocenters. The fourth-order valence-electron chi connectivity index (χ4n) is 3.30. The topological polar surface area (TPSA) is 63.2 Å². The van der Waals surface area contributed by atoms with E-state index >= 15 is 0 Å². The van der Waals surface area contributed by atoms with Crippen LogP contribution in [0, 0.1) is 0 Å².